The zero-order valence-electron chi connectivity index (χ0n) is 13.1. The van der Waals surface area contributed by atoms with Gasteiger partial charge in [-0.3, -0.25) is 0 Å². The lowest BCUT2D eigenvalue weighted by atomic mass is 9.71. The molecule has 0 radical (unpaired) electrons. The second-order valence-electron chi connectivity index (χ2n) is 6.13. The Balaban J connectivity index is 4.13. The summed E-state index contributed by atoms with van der Waals surface area (Å²) in [7, 11) is 0. The molecule has 1 unspecified atom stereocenters. The molecular formula is C17H33N. The highest BCUT2D eigenvalue weighted by Gasteiger charge is 2.29. The fourth-order valence-corrected chi connectivity index (χ4v) is 2.63. The topological polar surface area (TPSA) is 23.8 Å². The van der Waals surface area contributed by atoms with Crippen LogP contribution in [0.3, 0.4) is 0 Å². The minimum absolute atomic E-state index is 0.195. The first-order valence-electron chi connectivity index (χ1n) is 8.00. The molecule has 0 fully saturated rings. The van der Waals surface area contributed by atoms with E-state index in [0.717, 1.165) is 0 Å². The van der Waals surface area contributed by atoms with Gasteiger partial charge < -0.3 is 0 Å². The molecule has 0 spiro atoms. The van der Waals surface area contributed by atoms with Gasteiger partial charge in [-0.25, -0.2) is 0 Å². The smallest absolute Gasteiger partial charge is 0.0658 e. The molecule has 1 heteroatoms. The molecule has 0 aliphatic heterocycles. The molecule has 0 bridgehead atoms. The van der Waals surface area contributed by atoms with Gasteiger partial charge in [0.15, 0.2) is 0 Å². The first-order chi connectivity index (χ1) is 8.60. The molecule has 0 heterocycles. The third kappa shape index (κ3) is 7.04. The number of hydrogen-bond acceptors (Lipinski definition) is 1. The molecule has 0 aromatic heterocycles. The highest BCUT2D eigenvalue weighted by atomic mass is 14.4. The van der Waals surface area contributed by atoms with Gasteiger partial charge in [-0.1, -0.05) is 72.1 Å². The van der Waals surface area contributed by atoms with Crippen LogP contribution in [0.25, 0.3) is 0 Å². The van der Waals surface area contributed by atoms with Crippen LogP contribution in [-0.2, 0) is 0 Å². The third-order valence-electron chi connectivity index (χ3n) is 4.44. The van der Waals surface area contributed by atoms with E-state index in [4.69, 9.17) is 0 Å². The fourth-order valence-electron chi connectivity index (χ4n) is 2.63. The summed E-state index contributed by atoms with van der Waals surface area (Å²) in [6.07, 6.45) is 13.0. The summed E-state index contributed by atoms with van der Waals surface area (Å²) in [5.74, 6) is 0.195. The fraction of sp³-hybridized carbons (Fsp3) is 0.941. The van der Waals surface area contributed by atoms with Crippen LogP contribution in [0, 0.1) is 22.7 Å². The number of nitrogens with zero attached hydrogens (tertiary/aromatic N) is 1. The van der Waals surface area contributed by atoms with E-state index in [1.165, 1.54) is 64.2 Å². The number of unbranched alkanes of at least 4 members (excludes halogenated alkanes) is 6. The molecule has 0 rings (SSSR count). The quantitative estimate of drug-likeness (QED) is 0.407. The highest BCUT2D eigenvalue weighted by Crippen LogP contribution is 2.38. The molecule has 0 aliphatic carbocycles. The van der Waals surface area contributed by atoms with Crippen LogP contribution in [0.5, 0.6) is 0 Å². The zero-order chi connectivity index (χ0) is 13.9. The van der Waals surface area contributed by atoms with E-state index < -0.39 is 0 Å². The van der Waals surface area contributed by atoms with Gasteiger partial charge in [-0.05, 0) is 25.2 Å². The van der Waals surface area contributed by atoms with E-state index in [2.05, 4.69) is 33.8 Å². The third-order valence-corrected chi connectivity index (χ3v) is 4.44. The van der Waals surface area contributed by atoms with Gasteiger partial charge in [-0.2, -0.15) is 5.26 Å². The lowest BCUT2D eigenvalue weighted by Gasteiger charge is -2.32. The molecule has 0 N–H and O–H groups in total. The van der Waals surface area contributed by atoms with E-state index in [1.54, 1.807) is 0 Å². The highest BCUT2D eigenvalue weighted by molar-refractivity contribution is 4.92. The summed E-state index contributed by atoms with van der Waals surface area (Å²) in [6.45, 7) is 8.95. The zero-order valence-corrected chi connectivity index (χ0v) is 13.1. The van der Waals surface area contributed by atoms with Gasteiger partial charge >= 0.3 is 0 Å². The summed E-state index contributed by atoms with van der Waals surface area (Å²) in [5, 5.41) is 9.23. The Morgan fingerprint density at radius 2 is 1.33 bits per heavy atom. The summed E-state index contributed by atoms with van der Waals surface area (Å²) in [6, 6.07) is 2.49. The van der Waals surface area contributed by atoms with Crippen molar-refractivity contribution in [3.05, 3.63) is 0 Å². The SMILES string of the molecule is CCCCCCC(C)(CCCCCC)C(C)C#N. The van der Waals surface area contributed by atoms with Crippen molar-refractivity contribution in [3.63, 3.8) is 0 Å². The second kappa shape index (κ2) is 10.4. The molecule has 0 aromatic rings. The van der Waals surface area contributed by atoms with Crippen molar-refractivity contribution < 1.29 is 0 Å². The van der Waals surface area contributed by atoms with Crippen LogP contribution < -0.4 is 0 Å². The number of rotatable bonds is 11. The molecule has 0 aliphatic rings. The van der Waals surface area contributed by atoms with Crippen LogP contribution in [0.1, 0.15) is 91.9 Å². The molecule has 1 atom stereocenters. The van der Waals surface area contributed by atoms with E-state index in [-0.39, 0.29) is 11.3 Å². The summed E-state index contributed by atoms with van der Waals surface area (Å²) < 4.78 is 0. The van der Waals surface area contributed by atoms with E-state index in [1.807, 2.05) is 0 Å². The molecule has 0 saturated heterocycles. The lowest BCUT2D eigenvalue weighted by Crippen LogP contribution is -2.24. The van der Waals surface area contributed by atoms with Gasteiger partial charge in [0, 0.05) is 5.92 Å². The van der Waals surface area contributed by atoms with Gasteiger partial charge in [-0.15, -0.1) is 0 Å². The predicted molar refractivity (Wildman–Crippen MR) is 80.4 cm³/mol. The Morgan fingerprint density at radius 3 is 1.67 bits per heavy atom. The summed E-state index contributed by atoms with van der Waals surface area (Å²) in [4.78, 5) is 0. The van der Waals surface area contributed by atoms with Gasteiger partial charge in [0.05, 0.1) is 6.07 Å². The van der Waals surface area contributed by atoms with Crippen LogP contribution in [0.4, 0.5) is 0 Å². The summed E-state index contributed by atoms with van der Waals surface area (Å²) >= 11 is 0. The molecule has 0 aromatic carbocycles. The van der Waals surface area contributed by atoms with Gasteiger partial charge in [0.25, 0.3) is 0 Å². The van der Waals surface area contributed by atoms with Crippen molar-refractivity contribution in [3.8, 4) is 6.07 Å². The van der Waals surface area contributed by atoms with Crippen molar-refractivity contribution in [2.75, 3.05) is 0 Å². The Bertz CT molecular complexity index is 214. The molecule has 0 saturated carbocycles. The molecule has 1 nitrogen and oxygen atoms in total. The monoisotopic (exact) mass is 251 g/mol. The Kier molecular flexibility index (Phi) is 10.1. The molecule has 106 valence electrons. The molecule has 0 amide bonds. The summed E-state index contributed by atoms with van der Waals surface area (Å²) in [5.41, 5.74) is 0.246. The molecular weight excluding hydrogens is 218 g/mol. The van der Waals surface area contributed by atoms with Crippen LogP contribution in [0.15, 0.2) is 0 Å². The van der Waals surface area contributed by atoms with Crippen molar-refractivity contribution in [1.82, 2.24) is 0 Å². The predicted octanol–water partition coefficient (Wildman–Crippen LogP) is 6.09. The Morgan fingerprint density at radius 1 is 0.889 bits per heavy atom. The van der Waals surface area contributed by atoms with Crippen LogP contribution in [0.2, 0.25) is 0 Å². The molecule has 18 heavy (non-hydrogen) atoms. The lowest BCUT2D eigenvalue weighted by molar-refractivity contribution is 0.193. The van der Waals surface area contributed by atoms with E-state index >= 15 is 0 Å². The normalized spacial score (nSPS) is 13.3. The van der Waals surface area contributed by atoms with Crippen molar-refractivity contribution in [2.24, 2.45) is 11.3 Å². The minimum atomic E-state index is 0.195. The maximum atomic E-state index is 9.23. The maximum Gasteiger partial charge on any atom is 0.0658 e. The largest absolute Gasteiger partial charge is 0.198 e. The van der Waals surface area contributed by atoms with Crippen LogP contribution in [-0.4, -0.2) is 0 Å². The Hall–Kier alpha value is -0.510. The average Bonchev–Trinajstić information content (AvgIpc) is 2.39. The first-order valence-corrected chi connectivity index (χ1v) is 8.00. The number of nitriles is 1. The minimum Gasteiger partial charge on any atom is -0.198 e. The average molecular weight is 251 g/mol. The van der Waals surface area contributed by atoms with Crippen molar-refractivity contribution in [2.45, 2.75) is 91.9 Å². The van der Waals surface area contributed by atoms with Crippen molar-refractivity contribution in [1.29, 1.82) is 5.26 Å². The van der Waals surface area contributed by atoms with Crippen LogP contribution >= 0.6 is 0 Å². The standard InChI is InChI=1S/C17H33N/c1-5-7-9-11-13-17(4,16(3)15-18)14-12-10-8-6-2/h16H,5-14H2,1-4H3. The first kappa shape index (κ1) is 17.5. The van der Waals surface area contributed by atoms with Gasteiger partial charge in [0.2, 0.25) is 0 Å². The maximum absolute atomic E-state index is 9.23. The Labute approximate surface area is 115 Å². The van der Waals surface area contributed by atoms with E-state index in [0.29, 0.717) is 0 Å². The van der Waals surface area contributed by atoms with Crippen molar-refractivity contribution >= 4 is 0 Å². The van der Waals surface area contributed by atoms with Gasteiger partial charge in [0.1, 0.15) is 0 Å². The number of hydrogen-bond donors (Lipinski definition) is 0. The van der Waals surface area contributed by atoms with E-state index in [9.17, 15) is 5.26 Å². The second-order valence-corrected chi connectivity index (χ2v) is 6.13.